The number of carbonyl (C=O) groups excluding carboxylic acids is 1. The van der Waals surface area contributed by atoms with Gasteiger partial charge in [0.1, 0.15) is 6.04 Å². The van der Waals surface area contributed by atoms with Gasteiger partial charge in [0, 0.05) is 0 Å². The third kappa shape index (κ3) is 3.81. The van der Waals surface area contributed by atoms with E-state index in [0.29, 0.717) is 5.56 Å². The first-order chi connectivity index (χ1) is 6.90. The summed E-state index contributed by atoms with van der Waals surface area (Å²) in [6.45, 7) is 1.36. The summed E-state index contributed by atoms with van der Waals surface area (Å²) in [4.78, 5) is 11.3. The largest absolute Gasteiger partial charge is 0.298 e. The van der Waals surface area contributed by atoms with Crippen LogP contribution in [-0.4, -0.2) is 20.5 Å². The molecule has 1 aromatic rings. The third-order valence-electron chi connectivity index (χ3n) is 1.87. The Hall–Kier alpha value is -1.20. The van der Waals surface area contributed by atoms with E-state index in [4.69, 9.17) is 0 Å². The lowest BCUT2D eigenvalue weighted by atomic mass is 10.1. The summed E-state index contributed by atoms with van der Waals surface area (Å²) in [6, 6.07) is 7.96. The lowest BCUT2D eigenvalue weighted by molar-refractivity contribution is -0.118. The minimum Gasteiger partial charge on any atom is -0.298 e. The fraction of sp³-hybridized carbons (Fsp3) is 0.300. The zero-order valence-electron chi connectivity index (χ0n) is 8.60. The molecular weight excluding hydrogens is 214 g/mol. The van der Waals surface area contributed by atoms with E-state index < -0.39 is 16.1 Å². The number of hydrogen-bond donors (Lipinski definition) is 1. The van der Waals surface area contributed by atoms with Gasteiger partial charge in [-0.3, -0.25) is 4.79 Å². The Labute approximate surface area is 89.4 Å². The van der Waals surface area contributed by atoms with E-state index in [1.54, 1.807) is 30.3 Å². The van der Waals surface area contributed by atoms with Gasteiger partial charge in [-0.25, -0.2) is 13.1 Å². The first-order valence-electron chi connectivity index (χ1n) is 4.43. The molecule has 1 atom stereocenters. The van der Waals surface area contributed by atoms with E-state index in [2.05, 4.69) is 4.72 Å². The molecule has 0 aliphatic carbocycles. The number of Topliss-reactive ketones (excluding diaryl/α,β-unsaturated/α-hetero) is 1. The van der Waals surface area contributed by atoms with Crippen molar-refractivity contribution in [2.45, 2.75) is 13.0 Å². The van der Waals surface area contributed by atoms with Gasteiger partial charge in [0.05, 0.1) is 6.26 Å². The van der Waals surface area contributed by atoms with Gasteiger partial charge in [0.25, 0.3) is 0 Å². The standard InChI is InChI=1S/C10H13NO3S/c1-8(12)10(11-15(2,13)14)9-6-4-3-5-7-9/h3-7,10-11H,1-2H3. The van der Waals surface area contributed by atoms with Crippen LogP contribution in [0.4, 0.5) is 0 Å². The van der Waals surface area contributed by atoms with E-state index >= 15 is 0 Å². The van der Waals surface area contributed by atoms with Crippen molar-refractivity contribution in [2.24, 2.45) is 0 Å². The molecule has 0 heterocycles. The first-order valence-corrected chi connectivity index (χ1v) is 6.32. The monoisotopic (exact) mass is 227 g/mol. The highest BCUT2D eigenvalue weighted by atomic mass is 32.2. The van der Waals surface area contributed by atoms with Crippen molar-refractivity contribution in [3.63, 3.8) is 0 Å². The Balaban J connectivity index is 3.00. The van der Waals surface area contributed by atoms with E-state index in [0.717, 1.165) is 6.26 Å². The maximum Gasteiger partial charge on any atom is 0.209 e. The summed E-state index contributed by atoms with van der Waals surface area (Å²) in [6.07, 6.45) is 1.03. The van der Waals surface area contributed by atoms with Gasteiger partial charge in [-0.2, -0.15) is 0 Å². The number of hydrogen-bond acceptors (Lipinski definition) is 3. The highest BCUT2D eigenvalue weighted by Crippen LogP contribution is 2.14. The van der Waals surface area contributed by atoms with Crippen molar-refractivity contribution in [1.82, 2.24) is 4.72 Å². The second-order valence-electron chi connectivity index (χ2n) is 3.34. The maximum absolute atomic E-state index is 11.3. The van der Waals surface area contributed by atoms with Crippen LogP contribution in [0, 0.1) is 0 Å². The van der Waals surface area contributed by atoms with Crippen molar-refractivity contribution in [1.29, 1.82) is 0 Å². The van der Waals surface area contributed by atoms with Crippen molar-refractivity contribution >= 4 is 15.8 Å². The topological polar surface area (TPSA) is 63.2 Å². The Morgan fingerprint density at radius 2 is 1.80 bits per heavy atom. The lowest BCUT2D eigenvalue weighted by Gasteiger charge is -2.14. The average Bonchev–Trinajstić information content (AvgIpc) is 2.14. The molecule has 0 bridgehead atoms. The molecule has 0 fully saturated rings. The first kappa shape index (κ1) is 11.9. The molecule has 0 amide bonds. The normalized spacial score (nSPS) is 13.5. The average molecular weight is 227 g/mol. The van der Waals surface area contributed by atoms with Gasteiger partial charge in [-0.1, -0.05) is 30.3 Å². The Bertz CT molecular complexity index is 439. The van der Waals surface area contributed by atoms with Crippen LogP contribution < -0.4 is 4.72 Å². The van der Waals surface area contributed by atoms with Crippen LogP contribution in [-0.2, 0) is 14.8 Å². The summed E-state index contributed by atoms with van der Waals surface area (Å²) >= 11 is 0. The number of carbonyl (C=O) groups is 1. The van der Waals surface area contributed by atoms with E-state index in [1.165, 1.54) is 6.92 Å². The number of ketones is 1. The number of nitrogens with one attached hydrogen (secondary N) is 1. The van der Waals surface area contributed by atoms with Gasteiger partial charge in [0.2, 0.25) is 10.0 Å². The molecule has 1 N–H and O–H groups in total. The van der Waals surface area contributed by atoms with Gasteiger partial charge in [0.15, 0.2) is 5.78 Å². The fourth-order valence-electron chi connectivity index (χ4n) is 1.25. The summed E-state index contributed by atoms with van der Waals surface area (Å²) in [7, 11) is -3.39. The molecule has 0 saturated heterocycles. The number of sulfonamides is 1. The van der Waals surface area contributed by atoms with Crippen molar-refractivity contribution in [3.8, 4) is 0 Å². The van der Waals surface area contributed by atoms with Crippen LogP contribution >= 0.6 is 0 Å². The van der Waals surface area contributed by atoms with Crippen LogP contribution in [0.2, 0.25) is 0 Å². The molecule has 1 aromatic carbocycles. The Morgan fingerprint density at radius 1 is 1.27 bits per heavy atom. The van der Waals surface area contributed by atoms with Crippen LogP contribution in [0.3, 0.4) is 0 Å². The minimum absolute atomic E-state index is 0.230. The van der Waals surface area contributed by atoms with Crippen LogP contribution in [0.25, 0.3) is 0 Å². The van der Waals surface area contributed by atoms with E-state index in [9.17, 15) is 13.2 Å². The van der Waals surface area contributed by atoms with Crippen molar-refractivity contribution < 1.29 is 13.2 Å². The van der Waals surface area contributed by atoms with Crippen molar-refractivity contribution in [2.75, 3.05) is 6.26 Å². The lowest BCUT2D eigenvalue weighted by Crippen LogP contribution is -2.31. The quantitative estimate of drug-likeness (QED) is 0.830. The Morgan fingerprint density at radius 3 is 2.20 bits per heavy atom. The van der Waals surface area contributed by atoms with Gasteiger partial charge in [-0.05, 0) is 12.5 Å². The summed E-state index contributed by atoms with van der Waals surface area (Å²) in [5.74, 6) is -0.230. The molecule has 5 heteroatoms. The molecular formula is C10H13NO3S. The fourth-order valence-corrected chi connectivity index (χ4v) is 1.98. The second-order valence-corrected chi connectivity index (χ2v) is 5.12. The van der Waals surface area contributed by atoms with Gasteiger partial charge < -0.3 is 0 Å². The molecule has 82 valence electrons. The van der Waals surface area contributed by atoms with E-state index in [1.807, 2.05) is 0 Å². The minimum atomic E-state index is -3.39. The smallest absolute Gasteiger partial charge is 0.209 e. The molecule has 0 saturated carbocycles. The van der Waals surface area contributed by atoms with Crippen LogP contribution in [0.15, 0.2) is 30.3 Å². The predicted octanol–water partition coefficient (Wildman–Crippen LogP) is 0.866. The van der Waals surface area contributed by atoms with Gasteiger partial charge >= 0.3 is 0 Å². The summed E-state index contributed by atoms with van der Waals surface area (Å²) in [5, 5.41) is 0. The molecule has 0 aliphatic heterocycles. The summed E-state index contributed by atoms with van der Waals surface area (Å²) < 4.78 is 24.4. The zero-order valence-corrected chi connectivity index (χ0v) is 9.41. The molecule has 0 aliphatic rings. The number of benzene rings is 1. The molecule has 4 nitrogen and oxygen atoms in total. The highest BCUT2D eigenvalue weighted by Gasteiger charge is 2.19. The molecule has 0 spiro atoms. The predicted molar refractivity (Wildman–Crippen MR) is 57.8 cm³/mol. The van der Waals surface area contributed by atoms with Crippen LogP contribution in [0.1, 0.15) is 18.5 Å². The van der Waals surface area contributed by atoms with E-state index in [-0.39, 0.29) is 5.78 Å². The molecule has 15 heavy (non-hydrogen) atoms. The molecule has 1 unspecified atom stereocenters. The molecule has 0 aromatic heterocycles. The molecule has 0 radical (unpaired) electrons. The zero-order chi connectivity index (χ0) is 11.5. The Kier molecular flexibility index (Phi) is 3.60. The third-order valence-corrected chi connectivity index (χ3v) is 2.54. The van der Waals surface area contributed by atoms with Crippen LogP contribution in [0.5, 0.6) is 0 Å². The highest BCUT2D eigenvalue weighted by molar-refractivity contribution is 7.88. The van der Waals surface area contributed by atoms with Crippen molar-refractivity contribution in [3.05, 3.63) is 35.9 Å². The SMILES string of the molecule is CC(=O)C(NS(C)(=O)=O)c1ccccc1. The van der Waals surface area contributed by atoms with Gasteiger partial charge in [-0.15, -0.1) is 0 Å². The summed E-state index contributed by atoms with van der Waals surface area (Å²) in [5.41, 5.74) is 0.649. The number of rotatable bonds is 4. The second kappa shape index (κ2) is 4.55. The molecule has 1 rings (SSSR count). The maximum atomic E-state index is 11.3.